The second-order valence-corrected chi connectivity index (χ2v) is 18.2. The highest BCUT2D eigenvalue weighted by molar-refractivity contribution is 5.71. The first-order valence-corrected chi connectivity index (χ1v) is 26.7. The fraction of sp³-hybridized carbons (Fsp3) is 0.907. The lowest BCUT2D eigenvalue weighted by molar-refractivity contribution is -0.167. The van der Waals surface area contributed by atoms with Crippen LogP contribution >= 0.6 is 0 Å². The molecule has 0 aliphatic heterocycles. The number of esters is 3. The summed E-state index contributed by atoms with van der Waals surface area (Å²) in [5.74, 6) is -0.858. The minimum absolute atomic E-state index is 0.0679. The molecule has 0 aromatic rings. The van der Waals surface area contributed by atoms with Crippen molar-refractivity contribution in [3.05, 3.63) is 12.2 Å². The molecule has 6 heteroatoms. The summed E-state index contributed by atoms with van der Waals surface area (Å²) in [5, 5.41) is 0. The van der Waals surface area contributed by atoms with Crippen molar-refractivity contribution in [2.75, 3.05) is 13.2 Å². The highest BCUT2D eigenvalue weighted by Gasteiger charge is 2.19. The fourth-order valence-electron chi connectivity index (χ4n) is 7.97. The predicted molar refractivity (Wildman–Crippen MR) is 256 cm³/mol. The van der Waals surface area contributed by atoms with Crippen LogP contribution in [0.4, 0.5) is 0 Å². The smallest absolute Gasteiger partial charge is 0.306 e. The number of rotatable bonds is 49. The van der Waals surface area contributed by atoms with Gasteiger partial charge in [-0.25, -0.2) is 0 Å². The first kappa shape index (κ1) is 58.1. The number of unbranched alkanes of at least 4 members (excludes halogenated alkanes) is 36. The molecule has 354 valence electrons. The van der Waals surface area contributed by atoms with Crippen molar-refractivity contribution >= 4 is 17.9 Å². The number of hydrogen-bond acceptors (Lipinski definition) is 6. The van der Waals surface area contributed by atoms with Gasteiger partial charge in [0.1, 0.15) is 13.2 Å². The van der Waals surface area contributed by atoms with Crippen LogP contribution in [0.25, 0.3) is 0 Å². The summed E-state index contributed by atoms with van der Waals surface area (Å²) in [6, 6.07) is 0. The summed E-state index contributed by atoms with van der Waals surface area (Å²) >= 11 is 0. The molecule has 0 saturated heterocycles. The number of hydrogen-bond donors (Lipinski definition) is 0. The van der Waals surface area contributed by atoms with Gasteiger partial charge in [0, 0.05) is 19.3 Å². The Morgan fingerprint density at radius 2 is 0.550 bits per heavy atom. The highest BCUT2D eigenvalue weighted by atomic mass is 16.6. The third-order valence-electron chi connectivity index (χ3n) is 12.0. The average molecular weight is 847 g/mol. The molecular weight excluding hydrogens is 745 g/mol. The van der Waals surface area contributed by atoms with Crippen LogP contribution in [0.5, 0.6) is 0 Å². The number of carbonyl (C=O) groups excluding carboxylic acids is 3. The Bertz CT molecular complexity index is 931. The third kappa shape index (κ3) is 47.2. The SMILES string of the molecule is CCCCCCC/C=C\CCCCCCCC(=O)O[C@H](COC(=O)CCCCCCCCCCCCCC)COC(=O)CCCCCCCCCCCCCCCCCC. The monoisotopic (exact) mass is 847 g/mol. The molecule has 0 aliphatic carbocycles. The Morgan fingerprint density at radius 1 is 0.317 bits per heavy atom. The van der Waals surface area contributed by atoms with Gasteiger partial charge in [-0.15, -0.1) is 0 Å². The lowest BCUT2D eigenvalue weighted by Gasteiger charge is -2.18. The van der Waals surface area contributed by atoms with Gasteiger partial charge in [0.25, 0.3) is 0 Å². The quantitative estimate of drug-likeness (QED) is 0.0263. The van der Waals surface area contributed by atoms with E-state index in [9.17, 15) is 14.4 Å². The van der Waals surface area contributed by atoms with Crippen LogP contribution in [0.15, 0.2) is 12.2 Å². The molecule has 0 amide bonds. The molecule has 0 aromatic heterocycles. The van der Waals surface area contributed by atoms with Gasteiger partial charge < -0.3 is 14.2 Å². The minimum atomic E-state index is -0.767. The van der Waals surface area contributed by atoms with E-state index in [1.54, 1.807) is 0 Å². The van der Waals surface area contributed by atoms with Crippen LogP contribution in [0.3, 0.4) is 0 Å². The summed E-state index contributed by atoms with van der Waals surface area (Å²) < 4.78 is 16.8. The Labute approximate surface area is 373 Å². The molecule has 0 bridgehead atoms. The zero-order valence-corrected chi connectivity index (χ0v) is 40.5. The van der Waals surface area contributed by atoms with Crippen LogP contribution in [-0.2, 0) is 28.6 Å². The van der Waals surface area contributed by atoms with Gasteiger partial charge in [-0.05, 0) is 44.9 Å². The van der Waals surface area contributed by atoms with Gasteiger partial charge >= 0.3 is 17.9 Å². The zero-order chi connectivity index (χ0) is 43.7. The molecule has 6 nitrogen and oxygen atoms in total. The Kier molecular flexibility index (Phi) is 48.3. The van der Waals surface area contributed by atoms with E-state index in [0.29, 0.717) is 19.3 Å². The molecule has 60 heavy (non-hydrogen) atoms. The Hall–Kier alpha value is -1.85. The van der Waals surface area contributed by atoms with Crippen LogP contribution in [-0.4, -0.2) is 37.2 Å². The summed E-state index contributed by atoms with van der Waals surface area (Å²) in [6.07, 6.45) is 54.8. The standard InChI is InChI=1S/C54H102O6/c1-4-7-10-13-16-19-22-25-27-28-30-32-35-38-41-44-47-53(56)59-50-51(49-58-52(55)46-43-40-37-34-31-24-21-18-15-12-9-6-3)60-54(57)48-45-42-39-36-33-29-26-23-20-17-14-11-8-5-2/h23,26,51H,4-22,24-25,27-50H2,1-3H3/b26-23-/t51-/m1/s1. The fourth-order valence-corrected chi connectivity index (χ4v) is 7.97. The molecule has 0 unspecified atom stereocenters. The molecule has 0 saturated carbocycles. The second kappa shape index (κ2) is 49.8. The first-order valence-electron chi connectivity index (χ1n) is 26.7. The van der Waals surface area contributed by atoms with Gasteiger partial charge in [-0.1, -0.05) is 245 Å². The molecule has 0 radical (unpaired) electrons. The molecule has 0 spiro atoms. The van der Waals surface area contributed by atoms with E-state index >= 15 is 0 Å². The normalized spacial score (nSPS) is 12.0. The summed E-state index contributed by atoms with van der Waals surface area (Å²) in [7, 11) is 0. The van der Waals surface area contributed by atoms with Gasteiger partial charge in [-0.3, -0.25) is 14.4 Å². The van der Waals surface area contributed by atoms with E-state index in [4.69, 9.17) is 14.2 Å². The number of allylic oxidation sites excluding steroid dienone is 2. The number of carbonyl (C=O) groups is 3. The van der Waals surface area contributed by atoms with E-state index in [1.807, 2.05) is 0 Å². The maximum atomic E-state index is 12.8. The van der Waals surface area contributed by atoms with Crippen molar-refractivity contribution in [3.8, 4) is 0 Å². The minimum Gasteiger partial charge on any atom is -0.462 e. The van der Waals surface area contributed by atoms with Gasteiger partial charge in [0.05, 0.1) is 0 Å². The van der Waals surface area contributed by atoms with Crippen LogP contribution in [0.1, 0.15) is 297 Å². The van der Waals surface area contributed by atoms with Gasteiger partial charge in [-0.2, -0.15) is 0 Å². The average Bonchev–Trinajstić information content (AvgIpc) is 3.24. The summed E-state index contributed by atoms with van der Waals surface area (Å²) in [4.78, 5) is 38.0. The Morgan fingerprint density at radius 3 is 0.833 bits per heavy atom. The van der Waals surface area contributed by atoms with Crippen molar-refractivity contribution in [2.45, 2.75) is 303 Å². The van der Waals surface area contributed by atoms with Crippen molar-refractivity contribution in [2.24, 2.45) is 0 Å². The van der Waals surface area contributed by atoms with Crippen LogP contribution in [0.2, 0.25) is 0 Å². The molecule has 0 fully saturated rings. The van der Waals surface area contributed by atoms with Crippen molar-refractivity contribution in [1.82, 2.24) is 0 Å². The second-order valence-electron chi connectivity index (χ2n) is 18.2. The molecular formula is C54H102O6. The summed E-state index contributed by atoms with van der Waals surface area (Å²) in [5.41, 5.74) is 0. The zero-order valence-electron chi connectivity index (χ0n) is 40.5. The van der Waals surface area contributed by atoms with E-state index in [1.165, 1.54) is 193 Å². The predicted octanol–water partition coefficient (Wildman–Crippen LogP) is 17.4. The molecule has 0 N–H and O–H groups in total. The van der Waals surface area contributed by atoms with E-state index in [-0.39, 0.29) is 31.1 Å². The summed E-state index contributed by atoms with van der Waals surface area (Å²) in [6.45, 7) is 6.66. The van der Waals surface area contributed by atoms with Crippen molar-refractivity contribution < 1.29 is 28.6 Å². The maximum Gasteiger partial charge on any atom is 0.306 e. The van der Waals surface area contributed by atoms with E-state index in [0.717, 1.165) is 64.2 Å². The maximum absolute atomic E-state index is 12.8. The number of ether oxygens (including phenoxy) is 3. The van der Waals surface area contributed by atoms with Crippen LogP contribution < -0.4 is 0 Å². The highest BCUT2D eigenvalue weighted by Crippen LogP contribution is 2.16. The lowest BCUT2D eigenvalue weighted by Crippen LogP contribution is -2.30. The molecule has 1 atom stereocenters. The largest absolute Gasteiger partial charge is 0.462 e. The molecule has 0 aromatic carbocycles. The third-order valence-corrected chi connectivity index (χ3v) is 12.0. The topological polar surface area (TPSA) is 78.9 Å². The van der Waals surface area contributed by atoms with Gasteiger partial charge in [0.2, 0.25) is 0 Å². The molecule has 0 heterocycles. The molecule has 0 aliphatic rings. The van der Waals surface area contributed by atoms with E-state index in [2.05, 4.69) is 32.9 Å². The van der Waals surface area contributed by atoms with Gasteiger partial charge in [0.15, 0.2) is 6.10 Å². The van der Waals surface area contributed by atoms with Crippen LogP contribution in [0, 0.1) is 0 Å². The van der Waals surface area contributed by atoms with Crippen molar-refractivity contribution in [1.29, 1.82) is 0 Å². The van der Waals surface area contributed by atoms with Crippen molar-refractivity contribution in [3.63, 3.8) is 0 Å². The van der Waals surface area contributed by atoms with E-state index < -0.39 is 6.10 Å². The molecule has 0 rings (SSSR count). The first-order chi connectivity index (χ1) is 29.5. The lowest BCUT2D eigenvalue weighted by atomic mass is 10.0. The Balaban J connectivity index is 4.32.